The number of amides is 3. The van der Waals surface area contributed by atoms with E-state index in [0.717, 1.165) is 11.1 Å². The van der Waals surface area contributed by atoms with Gasteiger partial charge in [-0.2, -0.15) is 0 Å². The average molecular weight is 465 g/mol. The van der Waals surface area contributed by atoms with Gasteiger partial charge in [-0.25, -0.2) is 0 Å². The third-order valence-electron chi connectivity index (χ3n) is 5.92. The maximum Gasteiger partial charge on any atom is 0.253 e. The van der Waals surface area contributed by atoms with Crippen molar-refractivity contribution in [3.8, 4) is 0 Å². The first-order valence-corrected chi connectivity index (χ1v) is 11.7. The van der Waals surface area contributed by atoms with Crippen molar-refractivity contribution >= 4 is 29.1 Å². The standard InChI is InChI=1S/C27H36N4O3/c1-18-7-9-19(10-8-18)23-16-24(32)29-21-15-20(26(34)30(6)14-13-28-5)11-12-22(21)31(23)25(33)17-27(2,3)4/h7-12,15,23,28H,13-14,16-17H2,1-6H3,(H,29,32). The van der Waals surface area contributed by atoms with Gasteiger partial charge in [-0.15, -0.1) is 0 Å². The molecule has 0 aliphatic carbocycles. The summed E-state index contributed by atoms with van der Waals surface area (Å²) in [7, 11) is 3.58. The first-order valence-electron chi connectivity index (χ1n) is 11.7. The maximum atomic E-state index is 13.6. The van der Waals surface area contributed by atoms with Crippen molar-refractivity contribution in [2.45, 2.75) is 46.6 Å². The van der Waals surface area contributed by atoms with Crippen LogP contribution in [-0.2, 0) is 9.59 Å². The van der Waals surface area contributed by atoms with Gasteiger partial charge in [0.2, 0.25) is 11.8 Å². The maximum absolute atomic E-state index is 13.6. The molecule has 1 aliphatic rings. The fourth-order valence-electron chi connectivity index (χ4n) is 4.12. The normalized spacial score (nSPS) is 15.9. The number of likely N-dealkylation sites (N-methyl/N-ethyl adjacent to an activating group) is 2. The van der Waals surface area contributed by atoms with E-state index in [1.54, 1.807) is 35.0 Å². The molecule has 182 valence electrons. The van der Waals surface area contributed by atoms with E-state index in [1.165, 1.54) is 0 Å². The monoisotopic (exact) mass is 464 g/mol. The van der Waals surface area contributed by atoms with Crippen LogP contribution in [0.25, 0.3) is 0 Å². The molecule has 2 aromatic carbocycles. The highest BCUT2D eigenvalue weighted by Crippen LogP contribution is 2.40. The van der Waals surface area contributed by atoms with E-state index in [0.29, 0.717) is 36.4 Å². The number of aryl methyl sites for hydroxylation is 1. The first kappa shape index (κ1) is 25.4. The van der Waals surface area contributed by atoms with Gasteiger partial charge in [0, 0.05) is 32.1 Å². The lowest BCUT2D eigenvalue weighted by molar-refractivity contribution is -0.121. The lowest BCUT2D eigenvalue weighted by atomic mass is 9.90. The van der Waals surface area contributed by atoms with E-state index in [2.05, 4.69) is 10.6 Å². The fourth-order valence-corrected chi connectivity index (χ4v) is 4.12. The van der Waals surface area contributed by atoms with E-state index in [-0.39, 0.29) is 29.6 Å². The van der Waals surface area contributed by atoms with E-state index in [4.69, 9.17) is 0 Å². The summed E-state index contributed by atoms with van der Waals surface area (Å²) in [5, 5.41) is 5.98. The molecule has 0 spiro atoms. The van der Waals surface area contributed by atoms with E-state index in [1.807, 2.05) is 59.0 Å². The summed E-state index contributed by atoms with van der Waals surface area (Å²) in [6, 6.07) is 12.7. The Kier molecular flexibility index (Phi) is 7.77. The largest absolute Gasteiger partial charge is 0.340 e. The highest BCUT2D eigenvalue weighted by Gasteiger charge is 2.35. The summed E-state index contributed by atoms with van der Waals surface area (Å²) < 4.78 is 0. The number of hydrogen-bond donors (Lipinski definition) is 2. The van der Waals surface area contributed by atoms with Gasteiger partial charge in [0.1, 0.15) is 0 Å². The summed E-state index contributed by atoms with van der Waals surface area (Å²) in [5.74, 6) is -0.383. The number of nitrogens with one attached hydrogen (secondary N) is 2. The van der Waals surface area contributed by atoms with Crippen molar-refractivity contribution < 1.29 is 14.4 Å². The molecule has 0 fully saturated rings. The van der Waals surface area contributed by atoms with Gasteiger partial charge < -0.3 is 20.4 Å². The summed E-state index contributed by atoms with van der Waals surface area (Å²) in [5.41, 5.74) is 3.36. The first-order chi connectivity index (χ1) is 16.0. The zero-order chi connectivity index (χ0) is 25.0. The number of carbonyl (C=O) groups is 3. The lowest BCUT2D eigenvalue weighted by Crippen LogP contribution is -2.37. The predicted molar refractivity (Wildman–Crippen MR) is 136 cm³/mol. The Labute approximate surface area is 202 Å². The Morgan fingerprint density at radius 3 is 2.44 bits per heavy atom. The zero-order valence-electron chi connectivity index (χ0n) is 21.1. The number of fused-ring (bicyclic) bond motifs is 1. The number of anilines is 2. The Balaban J connectivity index is 2.07. The third kappa shape index (κ3) is 6.03. The number of rotatable bonds is 6. The van der Waals surface area contributed by atoms with Crippen LogP contribution in [0.1, 0.15) is 61.1 Å². The fraction of sp³-hybridized carbons (Fsp3) is 0.444. The summed E-state index contributed by atoms with van der Waals surface area (Å²) in [6.45, 7) is 9.32. The summed E-state index contributed by atoms with van der Waals surface area (Å²) in [6.07, 6.45) is 0.468. The smallest absolute Gasteiger partial charge is 0.253 e. The molecule has 7 heteroatoms. The Morgan fingerprint density at radius 1 is 1.15 bits per heavy atom. The van der Waals surface area contributed by atoms with Crippen LogP contribution in [0.3, 0.4) is 0 Å². The third-order valence-corrected chi connectivity index (χ3v) is 5.92. The average Bonchev–Trinajstić information content (AvgIpc) is 2.91. The van der Waals surface area contributed by atoms with Gasteiger partial charge in [0.25, 0.3) is 5.91 Å². The molecule has 0 saturated carbocycles. The number of hydrogen-bond acceptors (Lipinski definition) is 4. The molecule has 1 atom stereocenters. The molecule has 2 N–H and O–H groups in total. The molecule has 1 aliphatic heterocycles. The Bertz CT molecular complexity index is 1060. The number of benzene rings is 2. The van der Waals surface area contributed by atoms with Crippen molar-refractivity contribution in [2.75, 3.05) is 37.4 Å². The number of nitrogens with zero attached hydrogens (tertiary/aromatic N) is 2. The molecule has 34 heavy (non-hydrogen) atoms. The van der Waals surface area contributed by atoms with Crippen LogP contribution in [0.4, 0.5) is 11.4 Å². The van der Waals surface area contributed by atoms with Gasteiger partial charge in [-0.3, -0.25) is 14.4 Å². The van der Waals surface area contributed by atoms with Crippen molar-refractivity contribution in [1.29, 1.82) is 0 Å². The molecule has 0 bridgehead atoms. The molecular weight excluding hydrogens is 428 g/mol. The molecule has 3 rings (SSSR count). The van der Waals surface area contributed by atoms with Gasteiger partial charge >= 0.3 is 0 Å². The van der Waals surface area contributed by atoms with Crippen molar-refractivity contribution in [1.82, 2.24) is 10.2 Å². The molecule has 1 unspecified atom stereocenters. The minimum Gasteiger partial charge on any atom is -0.340 e. The van der Waals surface area contributed by atoms with Gasteiger partial charge in [0.05, 0.1) is 23.8 Å². The van der Waals surface area contributed by atoms with Crippen LogP contribution < -0.4 is 15.5 Å². The predicted octanol–water partition coefficient (Wildman–Crippen LogP) is 4.14. The summed E-state index contributed by atoms with van der Waals surface area (Å²) in [4.78, 5) is 42.9. The van der Waals surface area contributed by atoms with Crippen LogP contribution in [0, 0.1) is 12.3 Å². The molecule has 2 aromatic rings. The second-order valence-electron chi connectivity index (χ2n) is 10.2. The molecule has 0 saturated heterocycles. The van der Waals surface area contributed by atoms with E-state index >= 15 is 0 Å². The van der Waals surface area contributed by atoms with Crippen LogP contribution in [-0.4, -0.2) is 49.8 Å². The highest BCUT2D eigenvalue weighted by atomic mass is 16.2. The summed E-state index contributed by atoms with van der Waals surface area (Å²) >= 11 is 0. The molecule has 3 amide bonds. The zero-order valence-corrected chi connectivity index (χ0v) is 21.1. The van der Waals surface area contributed by atoms with Crippen LogP contribution >= 0.6 is 0 Å². The molecule has 7 nitrogen and oxygen atoms in total. The second-order valence-corrected chi connectivity index (χ2v) is 10.2. The second kappa shape index (κ2) is 10.4. The number of carbonyl (C=O) groups excluding carboxylic acids is 3. The van der Waals surface area contributed by atoms with Gasteiger partial charge in [0.15, 0.2) is 0 Å². The molecule has 0 aromatic heterocycles. The van der Waals surface area contributed by atoms with Gasteiger partial charge in [-0.1, -0.05) is 50.6 Å². The molecule has 1 heterocycles. The van der Waals surface area contributed by atoms with Crippen LogP contribution in [0.2, 0.25) is 0 Å². The SMILES string of the molecule is CNCCN(C)C(=O)c1ccc2c(c1)NC(=O)CC(c1ccc(C)cc1)N2C(=O)CC(C)(C)C. The van der Waals surface area contributed by atoms with Crippen molar-refractivity contribution in [3.63, 3.8) is 0 Å². The topological polar surface area (TPSA) is 81.8 Å². The Hall–Kier alpha value is -3.19. The minimum absolute atomic E-state index is 0.0546. The van der Waals surface area contributed by atoms with Crippen LogP contribution in [0.5, 0.6) is 0 Å². The van der Waals surface area contributed by atoms with Crippen molar-refractivity contribution in [3.05, 3.63) is 59.2 Å². The van der Waals surface area contributed by atoms with E-state index in [9.17, 15) is 14.4 Å². The Morgan fingerprint density at radius 2 is 1.82 bits per heavy atom. The quantitative estimate of drug-likeness (QED) is 0.673. The van der Waals surface area contributed by atoms with E-state index < -0.39 is 6.04 Å². The molecule has 0 radical (unpaired) electrons. The van der Waals surface area contributed by atoms with Gasteiger partial charge in [-0.05, 0) is 43.1 Å². The van der Waals surface area contributed by atoms with Crippen LogP contribution in [0.15, 0.2) is 42.5 Å². The molecular formula is C27H36N4O3. The lowest BCUT2D eigenvalue weighted by Gasteiger charge is -2.33. The highest BCUT2D eigenvalue weighted by molar-refractivity contribution is 6.06. The minimum atomic E-state index is -0.434. The van der Waals surface area contributed by atoms with Crippen molar-refractivity contribution in [2.24, 2.45) is 5.41 Å².